The summed E-state index contributed by atoms with van der Waals surface area (Å²) in [6, 6.07) is 8.21. The number of rotatable bonds is 10. The molecule has 45 heavy (non-hydrogen) atoms. The summed E-state index contributed by atoms with van der Waals surface area (Å²) in [6.07, 6.45) is -1.19. The van der Waals surface area contributed by atoms with Crippen molar-refractivity contribution in [3.05, 3.63) is 53.6 Å². The zero-order chi connectivity index (χ0) is 32.2. The maximum absolute atomic E-state index is 13.2. The van der Waals surface area contributed by atoms with Crippen LogP contribution in [-0.2, 0) is 22.4 Å². The third-order valence-electron chi connectivity index (χ3n) is 8.83. The lowest BCUT2D eigenvalue weighted by Crippen LogP contribution is -2.32. The second kappa shape index (κ2) is 13.7. The van der Waals surface area contributed by atoms with Gasteiger partial charge in [0.15, 0.2) is 0 Å². The molecule has 14 heteroatoms. The Morgan fingerprint density at radius 2 is 1.24 bits per heavy atom. The molecule has 0 bridgehead atoms. The maximum Gasteiger partial charge on any atom is 0.416 e. The van der Waals surface area contributed by atoms with Gasteiger partial charge in [-0.2, -0.15) is 31.3 Å². The molecule has 1 heterocycles. The fraction of sp³-hybridized carbons (Fsp3) is 0.548. The van der Waals surface area contributed by atoms with Crippen LogP contribution in [0.2, 0.25) is 0 Å². The summed E-state index contributed by atoms with van der Waals surface area (Å²) in [5.74, 6) is 2.12. The lowest BCUT2D eigenvalue weighted by molar-refractivity contribution is -0.143. The molecule has 2 saturated carbocycles. The van der Waals surface area contributed by atoms with Crippen LogP contribution < -0.4 is 15.4 Å². The van der Waals surface area contributed by atoms with Gasteiger partial charge < -0.3 is 10.6 Å². The molecule has 0 aliphatic heterocycles. The molecule has 2 aliphatic rings. The summed E-state index contributed by atoms with van der Waals surface area (Å²) < 4.78 is 107. The summed E-state index contributed by atoms with van der Waals surface area (Å²) in [7, 11) is -4.60. The average Bonchev–Trinajstić information content (AvgIpc) is 3.01. The molecule has 3 N–H and O–H groups in total. The number of nitrogens with one attached hydrogen (secondary N) is 3. The number of anilines is 2. The van der Waals surface area contributed by atoms with Crippen molar-refractivity contribution in [3.8, 4) is 0 Å². The van der Waals surface area contributed by atoms with Crippen LogP contribution in [0.25, 0.3) is 10.9 Å². The molecule has 0 amide bonds. The lowest BCUT2D eigenvalue weighted by Gasteiger charge is -2.29. The van der Waals surface area contributed by atoms with Gasteiger partial charge in [-0.1, -0.05) is 31.4 Å². The van der Waals surface area contributed by atoms with Crippen molar-refractivity contribution < 1.29 is 34.8 Å². The fourth-order valence-corrected chi connectivity index (χ4v) is 7.38. The zero-order valence-corrected chi connectivity index (χ0v) is 25.5. The number of halogens is 6. The van der Waals surface area contributed by atoms with Gasteiger partial charge >= 0.3 is 12.4 Å². The Balaban J connectivity index is 1.15. The standard InChI is InChI=1S/C31H37F6N5O2S/c32-30(33,34)23-14-24(31(35,36)37)16-25(15-23)45(43,44)40-19-22-12-10-21(11-13-22)18-39-29-41-27-9-5-4-8-26(27)28(42-29)38-17-20-6-2-1-3-7-20/h4-5,8-9,14-16,20-22,40H,1-3,6-7,10-13,17-19H2,(H2,38,39,41,42)/t21-,22-. The van der Waals surface area contributed by atoms with Crippen LogP contribution >= 0.6 is 0 Å². The smallest absolute Gasteiger partial charge is 0.369 e. The van der Waals surface area contributed by atoms with Crippen molar-refractivity contribution in [3.63, 3.8) is 0 Å². The van der Waals surface area contributed by atoms with Crippen LogP contribution in [0.1, 0.15) is 68.9 Å². The number of hydrogen-bond donors (Lipinski definition) is 3. The number of para-hydroxylation sites is 1. The predicted octanol–water partition coefficient (Wildman–Crippen LogP) is 7.86. The van der Waals surface area contributed by atoms with E-state index in [2.05, 4.69) is 20.3 Å². The molecule has 2 fully saturated rings. The summed E-state index contributed by atoms with van der Waals surface area (Å²) >= 11 is 0. The SMILES string of the molecule is O=S(=O)(NC[C@H]1CC[C@H](CNc2nc(NCC3CCCCC3)c3ccccc3n2)CC1)c1cc(C(F)(F)F)cc(C(F)(F)F)c1. The number of sulfonamides is 1. The summed E-state index contributed by atoms with van der Waals surface area (Å²) in [6.45, 7) is 1.40. The van der Waals surface area contributed by atoms with Gasteiger partial charge in [-0.3, -0.25) is 0 Å². The molecule has 0 unspecified atom stereocenters. The molecule has 246 valence electrons. The second-order valence-corrected chi connectivity index (χ2v) is 13.9. The Morgan fingerprint density at radius 3 is 1.87 bits per heavy atom. The molecule has 2 aromatic carbocycles. The Bertz CT molecular complexity index is 1530. The first-order valence-electron chi connectivity index (χ1n) is 15.3. The van der Waals surface area contributed by atoms with E-state index in [1.54, 1.807) is 0 Å². The quantitative estimate of drug-likeness (QED) is 0.192. The Morgan fingerprint density at radius 1 is 0.689 bits per heavy atom. The molecule has 1 aromatic heterocycles. The summed E-state index contributed by atoms with van der Waals surface area (Å²) in [5, 5.41) is 7.86. The second-order valence-electron chi connectivity index (χ2n) is 12.2. The highest BCUT2D eigenvalue weighted by atomic mass is 32.2. The van der Waals surface area contributed by atoms with Gasteiger partial charge in [0, 0.05) is 25.0 Å². The van der Waals surface area contributed by atoms with Gasteiger partial charge in [0.05, 0.1) is 21.5 Å². The third-order valence-corrected chi connectivity index (χ3v) is 10.2. The van der Waals surface area contributed by atoms with Gasteiger partial charge in [-0.15, -0.1) is 0 Å². The van der Waals surface area contributed by atoms with Crippen molar-refractivity contribution in [1.29, 1.82) is 0 Å². The first kappa shape index (κ1) is 33.2. The van der Waals surface area contributed by atoms with E-state index in [1.165, 1.54) is 32.1 Å². The van der Waals surface area contributed by atoms with Crippen molar-refractivity contribution in [2.45, 2.75) is 75.0 Å². The minimum atomic E-state index is -5.14. The van der Waals surface area contributed by atoms with E-state index in [0.717, 1.165) is 36.1 Å². The molecule has 7 nitrogen and oxygen atoms in total. The highest BCUT2D eigenvalue weighted by Crippen LogP contribution is 2.37. The van der Waals surface area contributed by atoms with E-state index in [-0.39, 0.29) is 36.6 Å². The monoisotopic (exact) mass is 657 g/mol. The maximum atomic E-state index is 13.2. The van der Waals surface area contributed by atoms with Gasteiger partial charge in [0.2, 0.25) is 16.0 Å². The number of fused-ring (bicyclic) bond motifs is 1. The van der Waals surface area contributed by atoms with E-state index in [4.69, 9.17) is 4.98 Å². The normalized spacial score (nSPS) is 20.3. The van der Waals surface area contributed by atoms with Crippen LogP contribution in [-0.4, -0.2) is 38.0 Å². The van der Waals surface area contributed by atoms with Crippen molar-refractivity contribution in [2.24, 2.45) is 17.8 Å². The zero-order valence-electron chi connectivity index (χ0n) is 24.6. The molecule has 5 rings (SSSR count). The average molecular weight is 658 g/mol. The van der Waals surface area contributed by atoms with Gasteiger partial charge in [-0.05, 0) is 86.6 Å². The van der Waals surface area contributed by atoms with Gasteiger partial charge in [-0.25, -0.2) is 18.1 Å². The van der Waals surface area contributed by atoms with E-state index in [1.807, 2.05) is 24.3 Å². The molecular formula is C31H37F6N5O2S. The van der Waals surface area contributed by atoms with E-state index >= 15 is 0 Å². The topological polar surface area (TPSA) is 96.0 Å². The Labute approximate surface area is 258 Å². The minimum Gasteiger partial charge on any atom is -0.369 e. The van der Waals surface area contributed by atoms with Gasteiger partial charge in [0.1, 0.15) is 5.82 Å². The van der Waals surface area contributed by atoms with Crippen LogP contribution in [0, 0.1) is 17.8 Å². The van der Waals surface area contributed by atoms with Crippen molar-refractivity contribution >= 4 is 32.7 Å². The molecule has 0 radical (unpaired) electrons. The number of nitrogens with zero attached hydrogens (tertiary/aromatic N) is 2. The van der Waals surface area contributed by atoms with Gasteiger partial charge in [0.25, 0.3) is 0 Å². The highest BCUT2D eigenvalue weighted by Gasteiger charge is 2.38. The van der Waals surface area contributed by atoms with Crippen molar-refractivity contribution in [2.75, 3.05) is 30.3 Å². The number of alkyl halides is 6. The summed E-state index contributed by atoms with van der Waals surface area (Å²) in [5.41, 5.74) is -2.51. The number of aromatic nitrogens is 2. The first-order valence-corrected chi connectivity index (χ1v) is 16.8. The van der Waals surface area contributed by atoms with Crippen LogP contribution in [0.15, 0.2) is 47.4 Å². The summed E-state index contributed by atoms with van der Waals surface area (Å²) in [4.78, 5) is 8.38. The van der Waals surface area contributed by atoms with Crippen molar-refractivity contribution in [1.82, 2.24) is 14.7 Å². The number of hydrogen-bond acceptors (Lipinski definition) is 6. The fourth-order valence-electron chi connectivity index (χ4n) is 6.19. The van der Waals surface area contributed by atoms with Crippen LogP contribution in [0.4, 0.5) is 38.1 Å². The Kier molecular flexibility index (Phi) is 10.1. The number of benzene rings is 2. The molecule has 3 aromatic rings. The molecule has 0 spiro atoms. The molecular weight excluding hydrogens is 620 g/mol. The van der Waals surface area contributed by atoms with E-state index < -0.39 is 38.4 Å². The lowest BCUT2D eigenvalue weighted by atomic mass is 9.82. The minimum absolute atomic E-state index is 0.0795. The van der Waals surface area contributed by atoms with Crippen LogP contribution in [0.5, 0.6) is 0 Å². The molecule has 0 saturated heterocycles. The highest BCUT2D eigenvalue weighted by molar-refractivity contribution is 7.89. The third kappa shape index (κ3) is 8.78. The molecule has 0 atom stereocenters. The molecule has 2 aliphatic carbocycles. The van der Waals surface area contributed by atoms with E-state index in [9.17, 15) is 34.8 Å². The largest absolute Gasteiger partial charge is 0.416 e. The van der Waals surface area contributed by atoms with E-state index in [0.29, 0.717) is 31.3 Å². The Hall–Kier alpha value is -3.13. The first-order chi connectivity index (χ1) is 21.3. The predicted molar refractivity (Wildman–Crippen MR) is 160 cm³/mol. The van der Waals surface area contributed by atoms with Crippen LogP contribution in [0.3, 0.4) is 0 Å².